The SMILES string of the molecule is CC(=O)[C@H](c1cc(F)ccc1COC(C)C)N1CC[C@@H](OCCCCc2ccc3c(n2)NC(C)CC3)C1. The monoisotopic (exact) mass is 511 g/mol. The molecule has 6 nitrogen and oxygen atoms in total. The number of hydrogen-bond donors (Lipinski definition) is 1. The highest BCUT2D eigenvalue weighted by Gasteiger charge is 2.33. The molecule has 1 fully saturated rings. The molecule has 202 valence electrons. The smallest absolute Gasteiger partial charge is 0.151 e. The Balaban J connectivity index is 1.26. The molecule has 0 saturated carbocycles. The Bertz CT molecular complexity index is 1060. The molecule has 37 heavy (non-hydrogen) atoms. The fourth-order valence-electron chi connectivity index (χ4n) is 5.34. The van der Waals surface area contributed by atoms with Gasteiger partial charge in [-0.05, 0) is 101 Å². The third-order valence-corrected chi connectivity index (χ3v) is 7.35. The minimum atomic E-state index is -0.485. The molecule has 1 saturated heterocycles. The number of ketones is 1. The molecule has 0 amide bonds. The van der Waals surface area contributed by atoms with Crippen molar-refractivity contribution in [1.82, 2.24) is 9.88 Å². The highest BCUT2D eigenvalue weighted by Crippen LogP contribution is 2.31. The number of likely N-dealkylation sites (tertiary alicyclic amines) is 1. The number of hydrogen-bond acceptors (Lipinski definition) is 6. The molecule has 2 aliphatic rings. The number of fused-ring (bicyclic) bond motifs is 1. The Hall–Kier alpha value is -2.35. The van der Waals surface area contributed by atoms with Gasteiger partial charge in [-0.1, -0.05) is 12.1 Å². The summed E-state index contributed by atoms with van der Waals surface area (Å²) in [6.45, 7) is 10.2. The fourth-order valence-corrected chi connectivity index (χ4v) is 5.34. The number of ether oxygens (including phenoxy) is 2. The maximum Gasteiger partial charge on any atom is 0.151 e. The van der Waals surface area contributed by atoms with Crippen LogP contribution in [0, 0.1) is 5.82 Å². The minimum absolute atomic E-state index is 0.0125. The average Bonchev–Trinajstić information content (AvgIpc) is 3.31. The van der Waals surface area contributed by atoms with Gasteiger partial charge >= 0.3 is 0 Å². The van der Waals surface area contributed by atoms with Gasteiger partial charge in [0, 0.05) is 31.4 Å². The predicted octanol–water partition coefficient (Wildman–Crippen LogP) is 5.64. The van der Waals surface area contributed by atoms with Crippen molar-refractivity contribution in [3.63, 3.8) is 0 Å². The number of aryl methyl sites for hydroxylation is 2. The lowest BCUT2D eigenvalue weighted by Crippen LogP contribution is -2.33. The number of unbranched alkanes of at least 4 members (excludes halogenated alkanes) is 1. The summed E-state index contributed by atoms with van der Waals surface area (Å²) >= 11 is 0. The van der Waals surface area contributed by atoms with E-state index in [0.29, 0.717) is 31.4 Å². The van der Waals surface area contributed by atoms with Crippen LogP contribution in [-0.4, -0.2) is 53.6 Å². The summed E-state index contributed by atoms with van der Waals surface area (Å²) in [5.74, 6) is 0.731. The minimum Gasteiger partial charge on any atom is -0.377 e. The molecule has 3 atom stereocenters. The van der Waals surface area contributed by atoms with Gasteiger partial charge in [-0.25, -0.2) is 9.37 Å². The third-order valence-electron chi connectivity index (χ3n) is 7.35. The summed E-state index contributed by atoms with van der Waals surface area (Å²) in [4.78, 5) is 19.7. The third kappa shape index (κ3) is 7.59. The molecule has 2 aromatic rings. The van der Waals surface area contributed by atoms with E-state index in [2.05, 4.69) is 29.3 Å². The summed E-state index contributed by atoms with van der Waals surface area (Å²) < 4.78 is 26.2. The molecule has 4 rings (SSSR count). The van der Waals surface area contributed by atoms with Gasteiger partial charge in [-0.15, -0.1) is 0 Å². The van der Waals surface area contributed by atoms with Crippen molar-refractivity contribution in [2.75, 3.05) is 25.0 Å². The van der Waals surface area contributed by atoms with Gasteiger partial charge in [0.2, 0.25) is 0 Å². The zero-order valence-corrected chi connectivity index (χ0v) is 22.8. The lowest BCUT2D eigenvalue weighted by Gasteiger charge is -2.28. The summed E-state index contributed by atoms with van der Waals surface area (Å²) in [6, 6.07) is 9.03. The lowest BCUT2D eigenvalue weighted by atomic mass is 9.96. The van der Waals surface area contributed by atoms with E-state index in [1.807, 2.05) is 13.8 Å². The van der Waals surface area contributed by atoms with E-state index < -0.39 is 6.04 Å². The van der Waals surface area contributed by atoms with E-state index in [0.717, 1.165) is 62.1 Å². The summed E-state index contributed by atoms with van der Waals surface area (Å²) in [6.07, 6.45) is 6.20. The first kappa shape index (κ1) is 27.7. The Morgan fingerprint density at radius 2 is 2.05 bits per heavy atom. The van der Waals surface area contributed by atoms with Gasteiger partial charge in [0.05, 0.1) is 24.9 Å². The van der Waals surface area contributed by atoms with E-state index >= 15 is 0 Å². The van der Waals surface area contributed by atoms with Gasteiger partial charge in [0.25, 0.3) is 0 Å². The molecular formula is C30H42FN3O3. The molecule has 1 aromatic carbocycles. The van der Waals surface area contributed by atoms with Gasteiger partial charge in [0.15, 0.2) is 5.78 Å². The van der Waals surface area contributed by atoms with Gasteiger partial charge in [-0.3, -0.25) is 9.69 Å². The number of carbonyl (C=O) groups excluding carboxylic acids is 1. The van der Waals surface area contributed by atoms with Crippen LogP contribution in [0.2, 0.25) is 0 Å². The molecule has 1 unspecified atom stereocenters. The second kappa shape index (κ2) is 12.9. The van der Waals surface area contributed by atoms with E-state index in [9.17, 15) is 9.18 Å². The van der Waals surface area contributed by atoms with Crippen molar-refractivity contribution in [2.24, 2.45) is 0 Å². The molecule has 1 N–H and O–H groups in total. The summed E-state index contributed by atoms with van der Waals surface area (Å²) in [7, 11) is 0. The lowest BCUT2D eigenvalue weighted by molar-refractivity contribution is -0.122. The van der Waals surface area contributed by atoms with Crippen LogP contribution in [-0.2, 0) is 33.7 Å². The summed E-state index contributed by atoms with van der Waals surface area (Å²) in [5, 5.41) is 3.50. The number of anilines is 1. The number of aromatic nitrogens is 1. The topological polar surface area (TPSA) is 63.7 Å². The van der Waals surface area contributed by atoms with Crippen LogP contribution in [0.25, 0.3) is 0 Å². The normalized spacial score (nSPS) is 20.6. The maximum atomic E-state index is 14.2. The van der Waals surface area contributed by atoms with Crippen molar-refractivity contribution in [3.8, 4) is 0 Å². The van der Waals surface area contributed by atoms with Crippen molar-refractivity contribution in [1.29, 1.82) is 0 Å². The molecule has 2 aliphatic heterocycles. The Labute approximate surface area is 220 Å². The molecule has 1 aromatic heterocycles. The number of pyridine rings is 1. The Morgan fingerprint density at radius 3 is 2.84 bits per heavy atom. The quantitative estimate of drug-likeness (QED) is 0.372. The first-order chi connectivity index (χ1) is 17.8. The number of benzene rings is 1. The van der Waals surface area contributed by atoms with Crippen molar-refractivity contribution < 1.29 is 18.7 Å². The zero-order chi connectivity index (χ0) is 26.4. The van der Waals surface area contributed by atoms with Crippen LogP contribution in [0.3, 0.4) is 0 Å². The van der Waals surface area contributed by atoms with Gasteiger partial charge < -0.3 is 14.8 Å². The Morgan fingerprint density at radius 1 is 1.22 bits per heavy atom. The highest BCUT2D eigenvalue weighted by atomic mass is 19.1. The van der Waals surface area contributed by atoms with Crippen molar-refractivity contribution >= 4 is 11.6 Å². The second-order valence-electron chi connectivity index (χ2n) is 10.8. The number of nitrogens with zero attached hydrogens (tertiary/aromatic N) is 2. The standard InChI is InChI=1S/C30H42FN3O3/c1-20(2)37-19-24-10-12-25(31)17-28(24)29(22(4)35)34-15-14-27(18-34)36-16-6-5-7-26-13-11-23-9-8-21(3)32-30(23)33-26/h10-13,17,20-21,27,29H,5-9,14-16,18-19H2,1-4H3,(H,32,33)/t21?,27-,29-/m1/s1. The van der Waals surface area contributed by atoms with Crippen LogP contribution in [0.4, 0.5) is 10.2 Å². The molecule has 7 heteroatoms. The molecule has 0 spiro atoms. The highest BCUT2D eigenvalue weighted by molar-refractivity contribution is 5.83. The largest absolute Gasteiger partial charge is 0.377 e. The number of Topliss-reactive ketones (excluding diaryl/α,β-unsaturated/α-hetero) is 1. The van der Waals surface area contributed by atoms with E-state index in [1.54, 1.807) is 13.0 Å². The Kier molecular flexibility index (Phi) is 9.68. The summed E-state index contributed by atoms with van der Waals surface area (Å²) in [5.41, 5.74) is 4.01. The van der Waals surface area contributed by atoms with Crippen molar-refractivity contribution in [3.05, 3.63) is 58.5 Å². The maximum absolute atomic E-state index is 14.2. The second-order valence-corrected chi connectivity index (χ2v) is 10.8. The molecule has 0 aliphatic carbocycles. The first-order valence-corrected chi connectivity index (χ1v) is 13.8. The fraction of sp³-hybridized carbons (Fsp3) is 0.600. The van der Waals surface area contributed by atoms with E-state index in [1.165, 1.54) is 17.7 Å². The van der Waals surface area contributed by atoms with E-state index in [-0.39, 0.29) is 23.8 Å². The van der Waals surface area contributed by atoms with Crippen LogP contribution in [0.1, 0.15) is 81.8 Å². The van der Waals surface area contributed by atoms with Crippen LogP contribution < -0.4 is 5.32 Å². The number of rotatable bonds is 12. The molecule has 0 radical (unpaired) electrons. The number of nitrogens with one attached hydrogen (secondary N) is 1. The van der Waals surface area contributed by atoms with E-state index in [4.69, 9.17) is 14.5 Å². The zero-order valence-electron chi connectivity index (χ0n) is 22.8. The molecule has 3 heterocycles. The number of carbonyl (C=O) groups is 1. The van der Waals surface area contributed by atoms with Crippen molar-refractivity contribution in [2.45, 2.75) is 97.1 Å². The first-order valence-electron chi connectivity index (χ1n) is 13.8. The van der Waals surface area contributed by atoms with Gasteiger partial charge in [0.1, 0.15) is 11.6 Å². The predicted molar refractivity (Wildman–Crippen MR) is 144 cm³/mol. The molecular weight excluding hydrogens is 469 g/mol. The molecule has 0 bridgehead atoms. The number of halogens is 1. The van der Waals surface area contributed by atoms with Gasteiger partial charge in [-0.2, -0.15) is 0 Å². The van der Waals surface area contributed by atoms with Crippen LogP contribution >= 0.6 is 0 Å². The van der Waals surface area contributed by atoms with Crippen LogP contribution in [0.15, 0.2) is 30.3 Å². The van der Waals surface area contributed by atoms with Crippen LogP contribution in [0.5, 0.6) is 0 Å². The average molecular weight is 512 g/mol.